The van der Waals surface area contributed by atoms with Crippen LogP contribution in [0.5, 0.6) is 5.75 Å². The van der Waals surface area contributed by atoms with E-state index in [4.69, 9.17) is 10.7 Å². The summed E-state index contributed by atoms with van der Waals surface area (Å²) in [5.74, 6) is -2.78. The van der Waals surface area contributed by atoms with Gasteiger partial charge in [-0.05, 0) is 66.1 Å². The second kappa shape index (κ2) is 9.67. The summed E-state index contributed by atoms with van der Waals surface area (Å²) in [6.07, 6.45) is 0. The fourth-order valence-electron chi connectivity index (χ4n) is 3.38. The summed E-state index contributed by atoms with van der Waals surface area (Å²) in [5, 5.41) is 42.0. The number of phenolic OH excluding ortho intramolecular Hbond substituents is 1. The van der Waals surface area contributed by atoms with E-state index in [-0.39, 0.29) is 34.0 Å². The first kappa shape index (κ1) is 23.7. The summed E-state index contributed by atoms with van der Waals surface area (Å²) in [6, 6.07) is 15.3. The molecule has 0 atom stereocenters. The molecule has 170 valence electrons. The van der Waals surface area contributed by atoms with Crippen LogP contribution in [0.3, 0.4) is 0 Å². The molecule has 5 N–H and O–H groups in total. The van der Waals surface area contributed by atoms with Gasteiger partial charge < -0.3 is 20.8 Å². The molecule has 0 aromatic heterocycles. The number of nitrogens with one attached hydrogen (secondary N) is 3. The lowest BCUT2D eigenvalue weighted by atomic mass is 9.96. The number of carbonyl (C=O) groups is 3. The normalized spacial score (nSPS) is 10.1. The lowest BCUT2D eigenvalue weighted by molar-refractivity contribution is -0.114. The van der Waals surface area contributed by atoms with Gasteiger partial charge in [0.25, 0.3) is 5.91 Å². The van der Waals surface area contributed by atoms with Crippen molar-refractivity contribution in [2.45, 2.75) is 13.8 Å². The van der Waals surface area contributed by atoms with Crippen LogP contribution in [0.4, 0.5) is 11.4 Å². The van der Waals surface area contributed by atoms with Crippen LogP contribution in [0, 0.1) is 23.7 Å². The SMILES string of the molecule is CC(=O)Nc1ccc(-c2ccc(O)c(C(=N)C(=O)Nc3ccc(C#N)cc3C(=O)O)c2)c(C)c1. The summed E-state index contributed by atoms with van der Waals surface area (Å²) >= 11 is 0. The largest absolute Gasteiger partial charge is 0.507 e. The molecule has 0 saturated heterocycles. The predicted octanol–water partition coefficient (Wildman–Crippen LogP) is 3.90. The summed E-state index contributed by atoms with van der Waals surface area (Å²) in [7, 11) is 0. The number of aromatic carboxylic acids is 1. The highest BCUT2D eigenvalue weighted by atomic mass is 16.4. The number of amides is 2. The van der Waals surface area contributed by atoms with Crippen LogP contribution in [0.25, 0.3) is 11.1 Å². The van der Waals surface area contributed by atoms with E-state index in [1.165, 1.54) is 31.2 Å². The van der Waals surface area contributed by atoms with Crippen LogP contribution in [0.15, 0.2) is 54.6 Å². The van der Waals surface area contributed by atoms with Crippen LogP contribution < -0.4 is 10.6 Å². The number of phenols is 1. The number of carbonyl (C=O) groups excluding carboxylic acids is 2. The number of carboxylic acids is 1. The van der Waals surface area contributed by atoms with Gasteiger partial charge in [0.2, 0.25) is 5.91 Å². The number of benzene rings is 3. The third kappa shape index (κ3) is 5.08. The lowest BCUT2D eigenvalue weighted by Crippen LogP contribution is -2.24. The minimum atomic E-state index is -1.35. The van der Waals surface area contributed by atoms with Gasteiger partial charge in [0.1, 0.15) is 11.5 Å². The zero-order valence-corrected chi connectivity index (χ0v) is 18.3. The maximum absolute atomic E-state index is 12.7. The first-order chi connectivity index (χ1) is 16.1. The first-order valence-corrected chi connectivity index (χ1v) is 10.00. The third-order valence-corrected chi connectivity index (χ3v) is 4.98. The smallest absolute Gasteiger partial charge is 0.337 e. The summed E-state index contributed by atoms with van der Waals surface area (Å²) < 4.78 is 0. The minimum Gasteiger partial charge on any atom is -0.507 e. The molecule has 0 aliphatic rings. The van der Waals surface area contributed by atoms with E-state index in [1.54, 1.807) is 24.3 Å². The Labute approximate surface area is 194 Å². The van der Waals surface area contributed by atoms with Crippen LogP contribution in [-0.4, -0.2) is 33.7 Å². The van der Waals surface area contributed by atoms with Gasteiger partial charge in [0.05, 0.1) is 22.9 Å². The van der Waals surface area contributed by atoms with Crippen LogP contribution in [0.2, 0.25) is 0 Å². The molecule has 0 aliphatic carbocycles. The van der Waals surface area contributed by atoms with E-state index in [9.17, 15) is 24.6 Å². The maximum atomic E-state index is 12.7. The number of rotatable bonds is 6. The topological polar surface area (TPSA) is 163 Å². The van der Waals surface area contributed by atoms with Crippen LogP contribution >= 0.6 is 0 Å². The molecule has 0 spiro atoms. The molecule has 9 nitrogen and oxygen atoms in total. The molecule has 0 unspecified atom stereocenters. The zero-order chi connectivity index (χ0) is 25.0. The summed E-state index contributed by atoms with van der Waals surface area (Å²) in [4.78, 5) is 35.5. The van der Waals surface area contributed by atoms with E-state index < -0.39 is 17.6 Å². The van der Waals surface area contributed by atoms with Gasteiger partial charge in [-0.15, -0.1) is 0 Å². The molecular weight excluding hydrogens is 436 g/mol. The van der Waals surface area contributed by atoms with E-state index in [0.717, 1.165) is 17.2 Å². The van der Waals surface area contributed by atoms with Gasteiger partial charge in [0.15, 0.2) is 0 Å². The van der Waals surface area contributed by atoms with Crippen LogP contribution in [0.1, 0.15) is 34.0 Å². The molecule has 0 aliphatic heterocycles. The highest BCUT2D eigenvalue weighted by Crippen LogP contribution is 2.30. The van der Waals surface area contributed by atoms with E-state index in [0.29, 0.717) is 11.3 Å². The average molecular weight is 456 g/mol. The Morgan fingerprint density at radius 2 is 1.71 bits per heavy atom. The van der Waals surface area contributed by atoms with E-state index >= 15 is 0 Å². The molecular formula is C25H20N4O5. The van der Waals surface area contributed by atoms with Crippen molar-refractivity contribution in [1.82, 2.24) is 0 Å². The van der Waals surface area contributed by atoms with Gasteiger partial charge in [-0.1, -0.05) is 12.1 Å². The van der Waals surface area contributed by atoms with Crippen molar-refractivity contribution in [3.8, 4) is 22.9 Å². The molecule has 34 heavy (non-hydrogen) atoms. The average Bonchev–Trinajstić information content (AvgIpc) is 2.79. The monoisotopic (exact) mass is 456 g/mol. The van der Waals surface area contributed by atoms with Crippen molar-refractivity contribution < 1.29 is 24.6 Å². The molecule has 0 fully saturated rings. The Bertz CT molecular complexity index is 1390. The molecule has 0 radical (unpaired) electrons. The van der Waals surface area contributed by atoms with Crippen molar-refractivity contribution >= 4 is 34.9 Å². The van der Waals surface area contributed by atoms with Crippen molar-refractivity contribution in [1.29, 1.82) is 10.7 Å². The zero-order valence-electron chi connectivity index (χ0n) is 18.3. The first-order valence-electron chi connectivity index (χ1n) is 10.00. The van der Waals surface area contributed by atoms with Crippen molar-refractivity contribution in [3.05, 3.63) is 76.9 Å². The van der Waals surface area contributed by atoms with Gasteiger partial charge in [0, 0.05) is 18.2 Å². The number of carboxylic acid groups (broad SMARTS) is 1. The van der Waals surface area contributed by atoms with Crippen LogP contribution in [-0.2, 0) is 9.59 Å². The summed E-state index contributed by atoms with van der Waals surface area (Å²) in [6.45, 7) is 3.24. The maximum Gasteiger partial charge on any atom is 0.337 e. The fourth-order valence-corrected chi connectivity index (χ4v) is 3.38. The Balaban J connectivity index is 1.91. The Hall–Kier alpha value is -4.97. The van der Waals surface area contributed by atoms with Crippen molar-refractivity contribution in [3.63, 3.8) is 0 Å². The highest BCUT2D eigenvalue weighted by Gasteiger charge is 2.20. The molecule has 2 amide bonds. The number of aryl methyl sites for hydroxylation is 1. The van der Waals surface area contributed by atoms with Gasteiger partial charge in [-0.2, -0.15) is 5.26 Å². The molecule has 0 heterocycles. The second-order valence-corrected chi connectivity index (χ2v) is 7.45. The van der Waals surface area contributed by atoms with Gasteiger partial charge >= 0.3 is 5.97 Å². The predicted molar refractivity (Wildman–Crippen MR) is 126 cm³/mol. The number of anilines is 2. The van der Waals surface area contributed by atoms with Crippen molar-refractivity contribution in [2.24, 2.45) is 0 Å². The lowest BCUT2D eigenvalue weighted by Gasteiger charge is -2.13. The summed E-state index contributed by atoms with van der Waals surface area (Å²) in [5.41, 5.74) is 1.94. The molecule has 0 saturated carbocycles. The molecule has 0 bridgehead atoms. The molecule has 3 rings (SSSR count). The number of nitrogens with zero attached hydrogens (tertiary/aromatic N) is 1. The number of hydrogen-bond donors (Lipinski definition) is 5. The molecule has 3 aromatic rings. The molecule has 9 heteroatoms. The minimum absolute atomic E-state index is 0.0501. The fraction of sp³-hybridized carbons (Fsp3) is 0.0800. The van der Waals surface area contributed by atoms with E-state index in [2.05, 4.69) is 10.6 Å². The standard InChI is InChI=1S/C25H20N4O5/c1-13-9-17(28-14(2)30)5-6-18(13)16-4-8-22(31)20(11-16)23(27)24(32)29-21-7-3-15(12-26)10-19(21)25(33)34/h3-11,27,31H,1-2H3,(H,28,30)(H,29,32)(H,33,34). The third-order valence-electron chi connectivity index (χ3n) is 4.98. The Morgan fingerprint density at radius 1 is 0.971 bits per heavy atom. The number of aromatic hydroxyl groups is 1. The number of hydrogen-bond acceptors (Lipinski definition) is 6. The Kier molecular flexibility index (Phi) is 6.73. The van der Waals surface area contributed by atoms with E-state index in [1.807, 2.05) is 13.0 Å². The highest BCUT2D eigenvalue weighted by molar-refractivity contribution is 6.48. The quantitative estimate of drug-likeness (QED) is 0.353. The Morgan fingerprint density at radius 3 is 2.32 bits per heavy atom. The van der Waals surface area contributed by atoms with Gasteiger partial charge in [-0.3, -0.25) is 15.0 Å². The number of nitriles is 1. The van der Waals surface area contributed by atoms with Gasteiger partial charge in [-0.25, -0.2) is 4.79 Å². The second-order valence-electron chi connectivity index (χ2n) is 7.45. The van der Waals surface area contributed by atoms with Crippen molar-refractivity contribution in [2.75, 3.05) is 10.6 Å². The molecule has 3 aromatic carbocycles.